The summed E-state index contributed by atoms with van der Waals surface area (Å²) < 4.78 is 70.0. The van der Waals surface area contributed by atoms with E-state index >= 15 is 0 Å². The number of ether oxygens (including phenoxy) is 2. The number of fused-ring (bicyclic) bond motifs is 1. The molecule has 0 fully saturated rings. The smallest absolute Gasteiger partial charge is 0.418 e. The number of aliphatic hydroxyl groups is 1. The standard InChI is InChI=1S/C36H35F4N3O4/c1-22-16-28(41-21-35(45,36(38,39)40)20-34(2,3)27-18-24(37)14-15-31(27)46-4)26-19-42-43(30(26)17-22)29-13-9-12-25(33(44)47-5)32(29)23-10-7-6-8-11-23/h6-19,41,45H,20-21H2,1-5H3. The molecular formula is C36H35F4N3O4. The monoisotopic (exact) mass is 649 g/mol. The van der Waals surface area contributed by atoms with E-state index in [1.807, 2.05) is 36.4 Å². The maximum Gasteiger partial charge on any atom is 0.418 e. The molecule has 5 aromatic rings. The molecule has 0 spiro atoms. The second-order valence-electron chi connectivity index (χ2n) is 12.1. The van der Waals surface area contributed by atoms with Crippen LogP contribution in [0.1, 0.15) is 41.8 Å². The average Bonchev–Trinajstić information content (AvgIpc) is 3.46. The maximum absolute atomic E-state index is 14.6. The number of carbonyl (C=O) groups is 1. The fourth-order valence-corrected chi connectivity index (χ4v) is 6.05. The van der Waals surface area contributed by atoms with Gasteiger partial charge in [0.25, 0.3) is 0 Å². The molecule has 0 saturated heterocycles. The van der Waals surface area contributed by atoms with Crippen LogP contribution in [0.5, 0.6) is 5.75 Å². The third kappa shape index (κ3) is 6.53. The Balaban J connectivity index is 1.56. The van der Waals surface area contributed by atoms with Gasteiger partial charge >= 0.3 is 12.1 Å². The lowest BCUT2D eigenvalue weighted by molar-refractivity contribution is -0.260. The van der Waals surface area contributed by atoms with E-state index in [2.05, 4.69) is 10.4 Å². The first-order valence-electron chi connectivity index (χ1n) is 14.8. The molecule has 11 heteroatoms. The van der Waals surface area contributed by atoms with Crippen molar-refractivity contribution in [2.75, 3.05) is 26.1 Å². The molecule has 1 heterocycles. The highest BCUT2D eigenvalue weighted by atomic mass is 19.4. The Morgan fingerprint density at radius 3 is 2.36 bits per heavy atom. The van der Waals surface area contributed by atoms with Crippen LogP contribution in [0.3, 0.4) is 0 Å². The third-order valence-corrected chi connectivity index (χ3v) is 8.30. The number of esters is 1. The summed E-state index contributed by atoms with van der Waals surface area (Å²) in [4.78, 5) is 12.8. The molecule has 1 atom stereocenters. The van der Waals surface area contributed by atoms with Gasteiger partial charge in [0.15, 0.2) is 5.60 Å². The van der Waals surface area contributed by atoms with Gasteiger partial charge in [0.05, 0.1) is 43.7 Å². The summed E-state index contributed by atoms with van der Waals surface area (Å²) >= 11 is 0. The molecule has 47 heavy (non-hydrogen) atoms. The number of methoxy groups -OCH3 is 2. The van der Waals surface area contributed by atoms with Gasteiger partial charge in [-0.15, -0.1) is 0 Å². The highest BCUT2D eigenvalue weighted by Crippen LogP contribution is 2.44. The zero-order valence-electron chi connectivity index (χ0n) is 26.6. The van der Waals surface area contributed by atoms with Gasteiger partial charge in [-0.2, -0.15) is 18.3 Å². The van der Waals surface area contributed by atoms with Crippen LogP contribution in [0.4, 0.5) is 23.2 Å². The van der Waals surface area contributed by atoms with E-state index < -0.39 is 41.9 Å². The van der Waals surface area contributed by atoms with Crippen LogP contribution in [-0.4, -0.2) is 53.4 Å². The molecule has 0 aliphatic carbocycles. The van der Waals surface area contributed by atoms with E-state index in [0.717, 1.165) is 17.7 Å². The van der Waals surface area contributed by atoms with Crippen LogP contribution in [0.25, 0.3) is 27.7 Å². The minimum Gasteiger partial charge on any atom is -0.496 e. The van der Waals surface area contributed by atoms with Crippen LogP contribution in [0.15, 0.2) is 85.1 Å². The fraction of sp³-hybridized carbons (Fsp3) is 0.278. The number of aromatic nitrogens is 2. The van der Waals surface area contributed by atoms with E-state index in [9.17, 15) is 27.5 Å². The minimum atomic E-state index is -5.04. The van der Waals surface area contributed by atoms with Gasteiger partial charge in [0.1, 0.15) is 11.6 Å². The van der Waals surface area contributed by atoms with Crippen molar-refractivity contribution < 1.29 is 36.9 Å². The van der Waals surface area contributed by atoms with Crippen LogP contribution >= 0.6 is 0 Å². The molecule has 4 aromatic carbocycles. The topological polar surface area (TPSA) is 85.6 Å². The van der Waals surface area contributed by atoms with E-state index in [0.29, 0.717) is 39.0 Å². The Morgan fingerprint density at radius 2 is 1.70 bits per heavy atom. The quantitative estimate of drug-likeness (QED) is 0.118. The van der Waals surface area contributed by atoms with Crippen LogP contribution in [-0.2, 0) is 10.2 Å². The minimum absolute atomic E-state index is 0.199. The van der Waals surface area contributed by atoms with Crippen LogP contribution < -0.4 is 10.1 Å². The van der Waals surface area contributed by atoms with Crippen molar-refractivity contribution in [1.82, 2.24) is 9.78 Å². The second kappa shape index (κ2) is 12.7. The van der Waals surface area contributed by atoms with Gasteiger partial charge in [0.2, 0.25) is 0 Å². The molecule has 0 amide bonds. The van der Waals surface area contributed by atoms with Gasteiger partial charge in [0, 0.05) is 22.2 Å². The van der Waals surface area contributed by atoms with Crippen molar-refractivity contribution in [2.24, 2.45) is 0 Å². The van der Waals surface area contributed by atoms with Gasteiger partial charge in [-0.25, -0.2) is 13.9 Å². The summed E-state index contributed by atoms with van der Waals surface area (Å²) in [6, 6.07) is 21.5. The zero-order valence-corrected chi connectivity index (χ0v) is 26.6. The number of anilines is 1. The molecule has 0 aliphatic rings. The Labute approximate surface area is 269 Å². The van der Waals surface area contributed by atoms with E-state index in [1.165, 1.54) is 40.3 Å². The number of halogens is 4. The number of nitrogens with zero attached hydrogens (tertiary/aromatic N) is 2. The number of nitrogens with one attached hydrogen (secondary N) is 1. The number of benzene rings is 4. The summed E-state index contributed by atoms with van der Waals surface area (Å²) in [5.74, 6) is -0.951. The molecule has 0 radical (unpaired) electrons. The summed E-state index contributed by atoms with van der Waals surface area (Å²) in [5, 5.41) is 19.2. The molecule has 0 bridgehead atoms. The number of rotatable bonds is 10. The number of carbonyl (C=O) groups excluding carboxylic acids is 1. The van der Waals surface area contributed by atoms with Crippen molar-refractivity contribution in [3.63, 3.8) is 0 Å². The Morgan fingerprint density at radius 1 is 0.979 bits per heavy atom. The average molecular weight is 650 g/mol. The van der Waals surface area contributed by atoms with Gasteiger partial charge < -0.3 is 19.9 Å². The molecular weight excluding hydrogens is 614 g/mol. The predicted molar refractivity (Wildman–Crippen MR) is 173 cm³/mol. The van der Waals surface area contributed by atoms with Gasteiger partial charge in [-0.3, -0.25) is 0 Å². The lowest BCUT2D eigenvalue weighted by Gasteiger charge is -2.38. The van der Waals surface area contributed by atoms with Crippen LogP contribution in [0.2, 0.25) is 0 Å². The Hall–Kier alpha value is -4.90. The largest absolute Gasteiger partial charge is 0.496 e. The van der Waals surface area contributed by atoms with E-state index in [4.69, 9.17) is 9.47 Å². The summed E-state index contributed by atoms with van der Waals surface area (Å²) in [6.07, 6.45) is -4.31. The van der Waals surface area contributed by atoms with Gasteiger partial charge in [-0.1, -0.05) is 50.2 Å². The Kier molecular flexibility index (Phi) is 9.05. The summed E-state index contributed by atoms with van der Waals surface area (Å²) in [5.41, 5.74) is -0.569. The number of hydrogen-bond donors (Lipinski definition) is 2. The van der Waals surface area contributed by atoms with Crippen molar-refractivity contribution in [3.8, 4) is 22.6 Å². The van der Waals surface area contributed by atoms with Crippen molar-refractivity contribution in [2.45, 2.75) is 44.4 Å². The van der Waals surface area contributed by atoms with Gasteiger partial charge in [-0.05, 0) is 72.4 Å². The number of hydrogen-bond acceptors (Lipinski definition) is 6. The van der Waals surface area contributed by atoms with Crippen molar-refractivity contribution in [3.05, 3.63) is 108 Å². The Bertz CT molecular complexity index is 1920. The van der Waals surface area contributed by atoms with E-state index in [-0.39, 0.29) is 11.3 Å². The first-order chi connectivity index (χ1) is 22.2. The molecule has 2 N–H and O–H groups in total. The molecule has 7 nitrogen and oxygen atoms in total. The highest BCUT2D eigenvalue weighted by Gasteiger charge is 2.56. The normalized spacial score (nSPS) is 13.3. The number of alkyl halides is 3. The van der Waals surface area contributed by atoms with Crippen LogP contribution in [0, 0.1) is 12.7 Å². The molecule has 5 rings (SSSR count). The summed E-state index contributed by atoms with van der Waals surface area (Å²) in [6.45, 7) is 3.90. The SMILES string of the molecule is COC(=O)c1cccc(-n2ncc3c(NCC(O)(CC(C)(C)c4cc(F)ccc4OC)C(F)(F)F)cc(C)cc32)c1-c1ccccc1. The molecule has 1 aromatic heterocycles. The lowest BCUT2D eigenvalue weighted by Crippen LogP contribution is -2.53. The number of aryl methyl sites for hydroxylation is 1. The molecule has 1 unspecified atom stereocenters. The second-order valence-corrected chi connectivity index (χ2v) is 12.1. The summed E-state index contributed by atoms with van der Waals surface area (Å²) in [7, 11) is 2.65. The van der Waals surface area contributed by atoms with E-state index in [1.54, 1.807) is 35.9 Å². The highest BCUT2D eigenvalue weighted by molar-refractivity contribution is 6.01. The first-order valence-corrected chi connectivity index (χ1v) is 14.8. The first kappa shape index (κ1) is 33.5. The lowest BCUT2D eigenvalue weighted by atomic mass is 9.74. The third-order valence-electron chi connectivity index (χ3n) is 8.30. The predicted octanol–water partition coefficient (Wildman–Crippen LogP) is 8.01. The molecule has 0 aliphatic heterocycles. The maximum atomic E-state index is 14.6. The molecule has 0 saturated carbocycles. The molecule has 246 valence electrons. The zero-order chi connectivity index (χ0) is 34.1. The fourth-order valence-electron chi connectivity index (χ4n) is 6.05. The van der Waals surface area contributed by atoms with Crippen molar-refractivity contribution in [1.29, 1.82) is 0 Å². The van der Waals surface area contributed by atoms with Crippen molar-refractivity contribution >= 4 is 22.6 Å².